The summed E-state index contributed by atoms with van der Waals surface area (Å²) in [5, 5.41) is 14.4. The molecule has 0 radical (unpaired) electrons. The maximum atomic E-state index is 13.6. The number of carbonyl (C=O) groups is 3. The van der Waals surface area contributed by atoms with Crippen molar-refractivity contribution in [3.63, 3.8) is 0 Å². The number of fused-ring (bicyclic) bond motifs is 3. The molecule has 11 heteroatoms. The maximum absolute atomic E-state index is 13.6. The van der Waals surface area contributed by atoms with Gasteiger partial charge in [0.1, 0.15) is 6.04 Å². The highest BCUT2D eigenvalue weighted by molar-refractivity contribution is 6.33. The second kappa shape index (κ2) is 10.5. The highest BCUT2D eigenvalue weighted by Gasteiger charge is 2.39. The highest BCUT2D eigenvalue weighted by atomic mass is 35.5. The van der Waals surface area contributed by atoms with Crippen molar-refractivity contribution in [2.45, 2.75) is 44.8 Å². The number of carbonyl (C=O) groups excluding carboxylic acids is 2. The van der Waals surface area contributed by atoms with Gasteiger partial charge in [0, 0.05) is 48.0 Å². The van der Waals surface area contributed by atoms with E-state index in [0.29, 0.717) is 43.2 Å². The van der Waals surface area contributed by atoms with Crippen molar-refractivity contribution in [2.24, 2.45) is 5.92 Å². The van der Waals surface area contributed by atoms with Gasteiger partial charge in [-0.15, -0.1) is 0 Å². The van der Waals surface area contributed by atoms with Gasteiger partial charge in [-0.3, -0.25) is 24.3 Å². The lowest BCUT2D eigenvalue weighted by Crippen LogP contribution is -2.60. The number of H-pyrrole nitrogens is 1. The van der Waals surface area contributed by atoms with Gasteiger partial charge in [0.05, 0.1) is 41.7 Å². The van der Waals surface area contributed by atoms with Gasteiger partial charge in [-0.1, -0.05) is 11.6 Å². The number of benzene rings is 1. The molecule has 2 amide bonds. The summed E-state index contributed by atoms with van der Waals surface area (Å²) in [6.45, 7) is 5.57. The summed E-state index contributed by atoms with van der Waals surface area (Å²) in [6, 6.07) is 4.78. The van der Waals surface area contributed by atoms with Crippen molar-refractivity contribution in [1.82, 2.24) is 19.8 Å². The second-order valence-corrected chi connectivity index (χ2v) is 11.3. The fourth-order valence-electron chi connectivity index (χ4n) is 5.50. The molecule has 5 rings (SSSR count). The van der Waals surface area contributed by atoms with Gasteiger partial charge >= 0.3 is 5.97 Å². The van der Waals surface area contributed by atoms with Crippen LogP contribution < -0.4 is 5.32 Å². The minimum Gasteiger partial charge on any atom is -0.481 e. The predicted molar refractivity (Wildman–Crippen MR) is 144 cm³/mol. The van der Waals surface area contributed by atoms with Gasteiger partial charge in [0.2, 0.25) is 11.8 Å². The van der Waals surface area contributed by atoms with Gasteiger partial charge in [0.15, 0.2) is 0 Å². The molecule has 3 N–H and O–H groups in total. The van der Waals surface area contributed by atoms with E-state index in [1.165, 1.54) is 0 Å². The third kappa shape index (κ3) is 5.62. The molecule has 202 valence electrons. The van der Waals surface area contributed by atoms with Crippen LogP contribution in [0.3, 0.4) is 0 Å². The van der Waals surface area contributed by atoms with E-state index in [1.54, 1.807) is 23.4 Å². The standard InChI is InChI=1S/C27H32ClN5O5/c1-27(2)15-33(13-23(34)32-7-4-16(5-8-32)9-24(35)36)22(14-38-27)26(37)31-20-11-17(28)10-19-18-3-6-29-12-21(18)30-25(19)20/h3,6,10-12,16,22,30H,4-5,7-9,13-15H2,1-2H3,(H,31,37)(H,35,36)/t22-/m0/s1. The van der Waals surface area contributed by atoms with Crippen LogP contribution in [0.15, 0.2) is 30.6 Å². The summed E-state index contributed by atoms with van der Waals surface area (Å²) in [5.74, 6) is -1.07. The number of carboxylic acid groups (broad SMARTS) is 1. The van der Waals surface area contributed by atoms with Crippen LogP contribution in [0.1, 0.15) is 33.1 Å². The summed E-state index contributed by atoms with van der Waals surface area (Å²) in [6.07, 6.45) is 4.90. The van der Waals surface area contributed by atoms with Crippen LogP contribution in [0, 0.1) is 5.92 Å². The molecule has 38 heavy (non-hydrogen) atoms. The normalized spacial score (nSPS) is 20.6. The largest absolute Gasteiger partial charge is 0.481 e. The Balaban J connectivity index is 1.32. The minimum atomic E-state index is -0.805. The van der Waals surface area contributed by atoms with E-state index in [-0.39, 0.29) is 37.3 Å². The van der Waals surface area contributed by atoms with Crippen LogP contribution in [0.5, 0.6) is 0 Å². The number of hydrogen-bond acceptors (Lipinski definition) is 6. The van der Waals surface area contributed by atoms with E-state index < -0.39 is 17.6 Å². The number of hydrogen-bond donors (Lipinski definition) is 3. The minimum absolute atomic E-state index is 0.0671. The molecule has 10 nitrogen and oxygen atoms in total. The first-order valence-electron chi connectivity index (χ1n) is 12.8. The molecule has 0 bridgehead atoms. The average molecular weight is 542 g/mol. The molecule has 2 aromatic heterocycles. The van der Waals surface area contributed by atoms with Crippen molar-refractivity contribution >= 4 is 56.9 Å². The first-order valence-corrected chi connectivity index (χ1v) is 13.2. The Kier molecular flexibility index (Phi) is 7.30. The molecule has 0 spiro atoms. The van der Waals surface area contributed by atoms with Gasteiger partial charge < -0.3 is 25.0 Å². The van der Waals surface area contributed by atoms with E-state index in [0.717, 1.165) is 21.8 Å². The molecule has 2 aliphatic rings. The van der Waals surface area contributed by atoms with Crippen LogP contribution in [-0.2, 0) is 19.1 Å². The number of pyridine rings is 1. The fraction of sp³-hybridized carbons (Fsp3) is 0.481. The van der Waals surface area contributed by atoms with Crippen LogP contribution >= 0.6 is 11.6 Å². The summed E-state index contributed by atoms with van der Waals surface area (Å²) in [4.78, 5) is 49.0. The lowest BCUT2D eigenvalue weighted by molar-refractivity contribution is -0.150. The van der Waals surface area contributed by atoms with E-state index >= 15 is 0 Å². The number of aliphatic carboxylic acids is 1. The number of ether oxygens (including phenoxy) is 1. The Morgan fingerprint density at radius 3 is 2.74 bits per heavy atom. The van der Waals surface area contributed by atoms with Gasteiger partial charge in [-0.25, -0.2) is 0 Å². The van der Waals surface area contributed by atoms with Crippen molar-refractivity contribution in [1.29, 1.82) is 0 Å². The molecule has 0 saturated carbocycles. The number of nitrogens with zero attached hydrogens (tertiary/aromatic N) is 3. The number of aromatic nitrogens is 2. The lowest BCUT2D eigenvalue weighted by Gasteiger charge is -2.43. The van der Waals surface area contributed by atoms with Crippen molar-refractivity contribution < 1.29 is 24.2 Å². The number of nitrogens with one attached hydrogen (secondary N) is 2. The maximum Gasteiger partial charge on any atom is 0.303 e. The average Bonchev–Trinajstić information content (AvgIpc) is 3.22. The van der Waals surface area contributed by atoms with Gasteiger partial charge in [-0.2, -0.15) is 0 Å². The van der Waals surface area contributed by atoms with E-state index in [9.17, 15) is 14.4 Å². The second-order valence-electron chi connectivity index (χ2n) is 10.8. The van der Waals surface area contributed by atoms with Gasteiger partial charge in [-0.05, 0) is 50.8 Å². The molecule has 1 atom stereocenters. The molecule has 1 aromatic carbocycles. The lowest BCUT2D eigenvalue weighted by atomic mass is 9.93. The molecule has 4 heterocycles. The first-order chi connectivity index (χ1) is 18.1. The molecule has 2 aliphatic heterocycles. The molecule has 2 fully saturated rings. The van der Waals surface area contributed by atoms with Crippen LogP contribution in [0.2, 0.25) is 5.02 Å². The number of anilines is 1. The first kappa shape index (κ1) is 26.4. The number of amides is 2. The van der Waals surface area contributed by atoms with Crippen molar-refractivity contribution in [3.05, 3.63) is 35.6 Å². The highest BCUT2D eigenvalue weighted by Crippen LogP contribution is 2.33. The zero-order chi connectivity index (χ0) is 27.0. The van der Waals surface area contributed by atoms with E-state index in [2.05, 4.69) is 15.3 Å². The van der Waals surface area contributed by atoms with Gasteiger partial charge in [0.25, 0.3) is 0 Å². The Bertz CT molecular complexity index is 1380. The SMILES string of the molecule is CC1(C)CN(CC(=O)N2CCC(CC(=O)O)CC2)[C@H](C(=O)Nc2cc(Cl)cc3c2[nH]c2cnccc23)CO1. The number of likely N-dealkylation sites (tertiary alicyclic amines) is 1. The Labute approximate surface area is 225 Å². The third-order valence-electron chi connectivity index (χ3n) is 7.46. The molecular formula is C27H32ClN5O5. The van der Waals surface area contributed by atoms with E-state index in [1.807, 2.05) is 30.9 Å². The number of rotatable bonds is 6. The molecule has 0 aliphatic carbocycles. The third-order valence-corrected chi connectivity index (χ3v) is 7.68. The molecule has 0 unspecified atom stereocenters. The van der Waals surface area contributed by atoms with Crippen LogP contribution in [0.25, 0.3) is 21.8 Å². The summed E-state index contributed by atoms with van der Waals surface area (Å²) < 4.78 is 5.98. The topological polar surface area (TPSA) is 128 Å². The number of halogens is 1. The summed E-state index contributed by atoms with van der Waals surface area (Å²) >= 11 is 6.41. The molecular weight excluding hydrogens is 510 g/mol. The number of piperidine rings is 1. The number of morpholine rings is 1. The summed E-state index contributed by atoms with van der Waals surface area (Å²) in [5.41, 5.74) is 1.61. The fourth-order valence-corrected chi connectivity index (χ4v) is 5.72. The number of carboxylic acids is 1. The smallest absolute Gasteiger partial charge is 0.303 e. The van der Waals surface area contributed by atoms with Crippen LogP contribution in [0.4, 0.5) is 5.69 Å². The molecule has 3 aromatic rings. The van der Waals surface area contributed by atoms with Crippen molar-refractivity contribution in [3.8, 4) is 0 Å². The number of aromatic amines is 1. The Morgan fingerprint density at radius 2 is 2.00 bits per heavy atom. The monoisotopic (exact) mass is 541 g/mol. The molecule has 2 saturated heterocycles. The Morgan fingerprint density at radius 1 is 1.24 bits per heavy atom. The summed E-state index contributed by atoms with van der Waals surface area (Å²) in [7, 11) is 0. The quantitative estimate of drug-likeness (QED) is 0.435. The Hall–Kier alpha value is -3.21. The van der Waals surface area contributed by atoms with E-state index in [4.69, 9.17) is 21.4 Å². The zero-order valence-corrected chi connectivity index (χ0v) is 22.3. The predicted octanol–water partition coefficient (Wildman–Crippen LogP) is 3.50. The van der Waals surface area contributed by atoms with Crippen LogP contribution in [-0.4, -0.2) is 87.1 Å². The van der Waals surface area contributed by atoms with Crippen molar-refractivity contribution in [2.75, 3.05) is 38.1 Å². The zero-order valence-electron chi connectivity index (χ0n) is 21.5.